The third kappa shape index (κ3) is 6.87. The van der Waals surface area contributed by atoms with E-state index in [1.165, 1.54) is 24.0 Å². The molecule has 3 fully saturated rings. The fourth-order valence-electron chi connectivity index (χ4n) is 7.35. The first-order chi connectivity index (χ1) is 20.6. The van der Waals surface area contributed by atoms with Crippen molar-refractivity contribution in [3.63, 3.8) is 0 Å². The number of benzene rings is 2. The molecule has 3 aliphatic rings. The second-order valence-corrected chi connectivity index (χ2v) is 12.7. The third-order valence-corrected chi connectivity index (χ3v) is 9.63. The van der Waals surface area contributed by atoms with Gasteiger partial charge < -0.3 is 23.7 Å². The van der Waals surface area contributed by atoms with Crippen molar-refractivity contribution < 1.29 is 13.9 Å². The van der Waals surface area contributed by atoms with Gasteiger partial charge in [0, 0.05) is 43.7 Å². The van der Waals surface area contributed by atoms with E-state index < -0.39 is 0 Å². The Bertz CT molecular complexity index is 1250. The fraction of sp³-hybridized carbons (Fsp3) is 0.559. The van der Waals surface area contributed by atoms with Crippen LogP contribution < -0.4 is 4.90 Å². The zero-order chi connectivity index (χ0) is 28.9. The molecule has 7 nitrogen and oxygen atoms in total. The Kier molecular flexibility index (Phi) is 9.82. The maximum atomic E-state index is 6.84. The summed E-state index contributed by atoms with van der Waals surface area (Å²) in [5, 5.41) is 0.794. The lowest BCUT2D eigenvalue weighted by Gasteiger charge is -2.42. The zero-order valence-electron chi connectivity index (χ0n) is 25.1. The van der Waals surface area contributed by atoms with Gasteiger partial charge in [-0.15, -0.1) is 0 Å². The Morgan fingerprint density at radius 2 is 1.45 bits per heavy atom. The summed E-state index contributed by atoms with van der Waals surface area (Å²) >= 11 is 6.22. The van der Waals surface area contributed by atoms with Gasteiger partial charge in [-0.3, -0.25) is 4.90 Å². The molecule has 3 heterocycles. The number of nitrogens with zero attached hydrogens (tertiary/aromatic N) is 4. The molecule has 3 aromatic rings. The van der Waals surface area contributed by atoms with Crippen LogP contribution in [0.15, 0.2) is 59.0 Å². The maximum Gasteiger partial charge on any atom is 0.220 e. The summed E-state index contributed by atoms with van der Waals surface area (Å²) in [6.45, 7) is 6.47. The van der Waals surface area contributed by atoms with Gasteiger partial charge in [0.1, 0.15) is 5.69 Å². The van der Waals surface area contributed by atoms with Crippen LogP contribution in [-0.4, -0.2) is 81.5 Å². The molecule has 2 aromatic carbocycles. The molecule has 226 valence electrons. The standard InChI is InChI=1S/C34H45ClN4O3/c1-37(2)31(27-12-14-29(35)15-13-27)26-8-10-28(11-9-26)32(38-16-20-40-21-17-38)33-36-30(24-25-6-4-3-5-7-25)34(42-33)39-18-22-41-23-19-39/h3-7,12-15,26,28,31-32H,8-11,16-24H2,1-2H3. The van der Waals surface area contributed by atoms with Gasteiger partial charge in [-0.05, 0) is 74.9 Å². The van der Waals surface area contributed by atoms with Crippen molar-refractivity contribution in [1.29, 1.82) is 0 Å². The van der Waals surface area contributed by atoms with Crippen molar-refractivity contribution in [2.75, 3.05) is 71.6 Å². The van der Waals surface area contributed by atoms with Crippen LogP contribution in [0.1, 0.15) is 60.5 Å². The topological polar surface area (TPSA) is 54.2 Å². The van der Waals surface area contributed by atoms with Gasteiger partial charge in [0.2, 0.25) is 11.8 Å². The molecule has 0 N–H and O–H groups in total. The minimum atomic E-state index is 0.160. The van der Waals surface area contributed by atoms with Crippen LogP contribution in [0.5, 0.6) is 0 Å². The van der Waals surface area contributed by atoms with Crippen LogP contribution in [0.25, 0.3) is 0 Å². The molecule has 1 aromatic heterocycles. The van der Waals surface area contributed by atoms with Crippen molar-refractivity contribution in [1.82, 2.24) is 14.8 Å². The SMILES string of the molecule is CN(C)C(c1ccc(Cl)cc1)C1CCC(C(c2nc(Cc3ccccc3)c(N3CCOCC3)o2)N2CCOCC2)CC1. The van der Waals surface area contributed by atoms with Gasteiger partial charge in [-0.1, -0.05) is 54.1 Å². The van der Waals surface area contributed by atoms with Crippen LogP contribution in [0, 0.1) is 11.8 Å². The molecular formula is C34H45ClN4O3. The molecular weight excluding hydrogens is 548 g/mol. The van der Waals surface area contributed by atoms with Crippen molar-refractivity contribution >= 4 is 17.5 Å². The maximum absolute atomic E-state index is 6.84. The molecule has 42 heavy (non-hydrogen) atoms. The second kappa shape index (κ2) is 13.9. The summed E-state index contributed by atoms with van der Waals surface area (Å²) in [6, 6.07) is 19.6. The minimum absolute atomic E-state index is 0.160. The Balaban J connectivity index is 1.26. The number of anilines is 1. The molecule has 0 radical (unpaired) electrons. The van der Waals surface area contributed by atoms with E-state index in [9.17, 15) is 0 Å². The summed E-state index contributed by atoms with van der Waals surface area (Å²) in [7, 11) is 4.41. The molecule has 8 heteroatoms. The lowest BCUT2D eigenvalue weighted by atomic mass is 9.73. The summed E-state index contributed by atoms with van der Waals surface area (Å²) in [4.78, 5) is 12.6. The number of hydrogen-bond donors (Lipinski definition) is 0. The first-order valence-corrected chi connectivity index (χ1v) is 16.0. The Labute approximate surface area is 255 Å². The number of hydrogen-bond acceptors (Lipinski definition) is 7. The highest BCUT2D eigenvalue weighted by molar-refractivity contribution is 6.30. The number of ether oxygens (including phenoxy) is 2. The smallest absolute Gasteiger partial charge is 0.220 e. The molecule has 0 spiro atoms. The van der Waals surface area contributed by atoms with Gasteiger partial charge in [-0.2, -0.15) is 0 Å². The first-order valence-electron chi connectivity index (χ1n) is 15.7. The second-order valence-electron chi connectivity index (χ2n) is 12.3. The number of morpholine rings is 2. The quantitative estimate of drug-likeness (QED) is 0.292. The van der Waals surface area contributed by atoms with Gasteiger partial charge in [0.15, 0.2) is 0 Å². The number of rotatable bonds is 9. The average Bonchev–Trinajstić information content (AvgIpc) is 3.43. The number of halogens is 1. The normalized spacial score (nSPS) is 23.7. The van der Waals surface area contributed by atoms with E-state index in [1.54, 1.807) is 0 Å². The van der Waals surface area contributed by atoms with Crippen LogP contribution in [0.2, 0.25) is 5.02 Å². The highest BCUT2D eigenvalue weighted by Gasteiger charge is 2.39. The Morgan fingerprint density at radius 3 is 2.10 bits per heavy atom. The van der Waals surface area contributed by atoms with Crippen LogP contribution in [-0.2, 0) is 15.9 Å². The molecule has 1 saturated carbocycles. The van der Waals surface area contributed by atoms with Gasteiger partial charge >= 0.3 is 0 Å². The van der Waals surface area contributed by atoms with E-state index in [2.05, 4.69) is 71.3 Å². The lowest BCUT2D eigenvalue weighted by Crippen LogP contribution is -2.43. The van der Waals surface area contributed by atoms with E-state index in [-0.39, 0.29) is 6.04 Å². The highest BCUT2D eigenvalue weighted by Crippen LogP contribution is 2.46. The summed E-state index contributed by atoms with van der Waals surface area (Å²) in [5.74, 6) is 2.91. The van der Waals surface area contributed by atoms with E-state index >= 15 is 0 Å². The predicted octanol–water partition coefficient (Wildman–Crippen LogP) is 6.24. The molecule has 0 amide bonds. The van der Waals surface area contributed by atoms with E-state index in [1.807, 2.05) is 12.1 Å². The third-order valence-electron chi connectivity index (χ3n) is 9.38. The fourth-order valence-corrected chi connectivity index (χ4v) is 7.47. The van der Waals surface area contributed by atoms with Crippen LogP contribution >= 0.6 is 11.6 Å². The monoisotopic (exact) mass is 592 g/mol. The number of aromatic nitrogens is 1. The van der Waals surface area contributed by atoms with E-state index in [4.69, 9.17) is 30.5 Å². The summed E-state index contributed by atoms with van der Waals surface area (Å²) in [6.07, 6.45) is 5.46. The van der Waals surface area contributed by atoms with Crippen molar-refractivity contribution in [3.8, 4) is 0 Å². The van der Waals surface area contributed by atoms with Gasteiger partial charge in [-0.25, -0.2) is 4.98 Å². The molecule has 0 bridgehead atoms. The molecule has 2 saturated heterocycles. The average molecular weight is 593 g/mol. The van der Waals surface area contributed by atoms with Gasteiger partial charge in [0.25, 0.3) is 0 Å². The molecule has 6 rings (SSSR count). The lowest BCUT2D eigenvalue weighted by molar-refractivity contribution is -0.0152. The van der Waals surface area contributed by atoms with Crippen molar-refractivity contribution in [3.05, 3.63) is 82.3 Å². The molecule has 1 aliphatic carbocycles. The largest absolute Gasteiger partial charge is 0.423 e. The van der Waals surface area contributed by atoms with E-state index in [0.717, 1.165) is 94.4 Å². The van der Waals surface area contributed by atoms with Crippen LogP contribution in [0.3, 0.4) is 0 Å². The Hall–Kier alpha value is -2.42. The molecule has 2 aliphatic heterocycles. The number of oxazole rings is 1. The summed E-state index contributed by atoms with van der Waals surface area (Å²) in [5.41, 5.74) is 3.65. The predicted molar refractivity (Wildman–Crippen MR) is 167 cm³/mol. The first kappa shape index (κ1) is 29.6. The van der Waals surface area contributed by atoms with Crippen molar-refractivity contribution in [2.45, 2.75) is 44.2 Å². The van der Waals surface area contributed by atoms with Crippen LogP contribution in [0.4, 0.5) is 5.88 Å². The van der Waals surface area contributed by atoms with E-state index in [0.29, 0.717) is 17.9 Å². The molecule has 2 atom stereocenters. The Morgan fingerprint density at radius 1 is 0.833 bits per heavy atom. The zero-order valence-corrected chi connectivity index (χ0v) is 25.8. The van der Waals surface area contributed by atoms with Crippen molar-refractivity contribution in [2.24, 2.45) is 11.8 Å². The highest BCUT2D eigenvalue weighted by atomic mass is 35.5. The minimum Gasteiger partial charge on any atom is -0.423 e. The summed E-state index contributed by atoms with van der Waals surface area (Å²) < 4.78 is 18.3. The molecule has 2 unspecified atom stereocenters. The van der Waals surface area contributed by atoms with Gasteiger partial charge in [0.05, 0.1) is 32.5 Å².